The summed E-state index contributed by atoms with van der Waals surface area (Å²) < 4.78 is 10.6. The molecule has 3 aliphatic rings. The van der Waals surface area contributed by atoms with E-state index in [4.69, 9.17) is 21.1 Å². The van der Waals surface area contributed by atoms with Gasteiger partial charge in [-0.3, -0.25) is 29.4 Å². The molecular formula is C27H28ClN3O7. The third kappa shape index (κ3) is 3.82. The Kier molecular flexibility index (Phi) is 6.56. The van der Waals surface area contributed by atoms with Gasteiger partial charge in [0, 0.05) is 29.6 Å². The van der Waals surface area contributed by atoms with Crippen molar-refractivity contribution in [3.8, 4) is 11.5 Å². The van der Waals surface area contributed by atoms with Crippen molar-refractivity contribution < 1.29 is 33.8 Å². The summed E-state index contributed by atoms with van der Waals surface area (Å²) in [6.07, 6.45) is 0.253. The van der Waals surface area contributed by atoms with Crippen molar-refractivity contribution in [3.63, 3.8) is 0 Å². The fraction of sp³-hybridized carbons (Fsp3) is 0.407. The molecule has 38 heavy (non-hydrogen) atoms. The number of carbonyl (C=O) groups is 4. The van der Waals surface area contributed by atoms with Gasteiger partial charge in [-0.25, -0.2) is 0 Å². The number of imide groups is 1. The number of carboxylic acid groups (broad SMARTS) is 1. The van der Waals surface area contributed by atoms with Crippen molar-refractivity contribution in [1.82, 2.24) is 10.2 Å². The summed E-state index contributed by atoms with van der Waals surface area (Å²) in [4.78, 5) is 53.7. The van der Waals surface area contributed by atoms with Gasteiger partial charge in [0.2, 0.25) is 17.7 Å². The SMILES string of the molecule is COc1ccc(CCN2C(=O)[C@@H]3[C@@H](CCC(=O)O)N[C@@]4(C(=O)Nc5c4ccc(Cl)c5C)[C@H]3C2=O)cc1OC. The van der Waals surface area contributed by atoms with Crippen molar-refractivity contribution in [2.75, 3.05) is 26.1 Å². The van der Waals surface area contributed by atoms with Gasteiger partial charge in [0.25, 0.3) is 0 Å². The zero-order chi connectivity index (χ0) is 27.4. The van der Waals surface area contributed by atoms with Crippen LogP contribution in [0.2, 0.25) is 5.02 Å². The summed E-state index contributed by atoms with van der Waals surface area (Å²) in [5, 5.41) is 15.9. The minimum atomic E-state index is -1.50. The molecule has 0 aliphatic carbocycles. The molecule has 4 atom stereocenters. The summed E-state index contributed by atoms with van der Waals surface area (Å²) in [5.74, 6) is -3.13. The van der Waals surface area contributed by atoms with Crippen molar-refractivity contribution in [3.05, 3.63) is 52.0 Å². The van der Waals surface area contributed by atoms with Gasteiger partial charge < -0.3 is 19.9 Å². The van der Waals surface area contributed by atoms with E-state index in [0.717, 1.165) is 5.56 Å². The third-order valence-electron chi connectivity index (χ3n) is 7.92. The molecule has 0 radical (unpaired) electrons. The van der Waals surface area contributed by atoms with Crippen molar-refractivity contribution in [1.29, 1.82) is 0 Å². The quantitative estimate of drug-likeness (QED) is 0.434. The number of amides is 3. The molecule has 5 rings (SSSR count). The molecule has 2 saturated heterocycles. The predicted octanol–water partition coefficient (Wildman–Crippen LogP) is 2.49. The van der Waals surface area contributed by atoms with E-state index in [1.54, 1.807) is 31.2 Å². The van der Waals surface area contributed by atoms with E-state index >= 15 is 0 Å². The van der Waals surface area contributed by atoms with E-state index in [9.17, 15) is 24.3 Å². The Bertz CT molecular complexity index is 1360. The fourth-order valence-corrected chi connectivity index (χ4v) is 6.23. The molecule has 2 fully saturated rings. The lowest BCUT2D eigenvalue weighted by atomic mass is 9.76. The van der Waals surface area contributed by atoms with Crippen LogP contribution in [0.25, 0.3) is 0 Å². The van der Waals surface area contributed by atoms with Gasteiger partial charge in [0.05, 0.1) is 31.7 Å². The molecule has 2 aromatic rings. The molecular weight excluding hydrogens is 514 g/mol. The number of carbonyl (C=O) groups excluding carboxylic acids is 3. The van der Waals surface area contributed by atoms with Crippen molar-refractivity contribution in [2.24, 2.45) is 11.8 Å². The smallest absolute Gasteiger partial charge is 0.303 e. The first-order chi connectivity index (χ1) is 18.1. The highest BCUT2D eigenvalue weighted by Gasteiger charge is 2.70. The Hall–Kier alpha value is -3.63. The largest absolute Gasteiger partial charge is 0.493 e. The van der Waals surface area contributed by atoms with E-state index in [-0.39, 0.29) is 19.4 Å². The monoisotopic (exact) mass is 541 g/mol. The van der Waals surface area contributed by atoms with Crippen LogP contribution >= 0.6 is 11.6 Å². The number of hydrogen-bond donors (Lipinski definition) is 3. The van der Waals surface area contributed by atoms with Gasteiger partial charge in [-0.15, -0.1) is 0 Å². The molecule has 0 aromatic heterocycles. The van der Waals surface area contributed by atoms with Crippen LogP contribution in [0.15, 0.2) is 30.3 Å². The second kappa shape index (κ2) is 9.59. The summed E-state index contributed by atoms with van der Waals surface area (Å²) in [6, 6.07) is 8.05. The van der Waals surface area contributed by atoms with E-state index in [0.29, 0.717) is 39.8 Å². The lowest BCUT2D eigenvalue weighted by Crippen LogP contribution is -2.53. The molecule has 0 bridgehead atoms. The van der Waals surface area contributed by atoms with Crippen LogP contribution in [0.5, 0.6) is 11.5 Å². The first-order valence-corrected chi connectivity index (χ1v) is 12.7. The third-order valence-corrected chi connectivity index (χ3v) is 8.33. The molecule has 200 valence electrons. The molecule has 11 heteroatoms. The maximum Gasteiger partial charge on any atom is 0.303 e. The summed E-state index contributed by atoms with van der Waals surface area (Å²) >= 11 is 6.29. The summed E-state index contributed by atoms with van der Waals surface area (Å²) in [6.45, 7) is 1.88. The molecule has 0 unspecified atom stereocenters. The molecule has 10 nitrogen and oxygen atoms in total. The summed E-state index contributed by atoms with van der Waals surface area (Å²) in [7, 11) is 3.06. The number of methoxy groups -OCH3 is 2. The summed E-state index contributed by atoms with van der Waals surface area (Å²) in [5.41, 5.74) is 1.05. The number of rotatable bonds is 8. The second-order valence-corrected chi connectivity index (χ2v) is 10.2. The molecule has 3 heterocycles. The van der Waals surface area contributed by atoms with Gasteiger partial charge >= 0.3 is 5.97 Å². The van der Waals surface area contributed by atoms with Crippen LogP contribution in [-0.2, 0) is 31.1 Å². The Balaban J connectivity index is 1.50. The lowest BCUT2D eigenvalue weighted by molar-refractivity contribution is -0.143. The normalized spacial score (nSPS) is 25.5. The topological polar surface area (TPSA) is 134 Å². The van der Waals surface area contributed by atoms with Gasteiger partial charge in [-0.1, -0.05) is 23.7 Å². The Morgan fingerprint density at radius 2 is 1.84 bits per heavy atom. The van der Waals surface area contributed by atoms with Crippen molar-refractivity contribution in [2.45, 2.75) is 37.8 Å². The second-order valence-electron chi connectivity index (χ2n) is 9.81. The molecule has 0 saturated carbocycles. The molecule has 3 amide bonds. The number of ether oxygens (including phenoxy) is 2. The van der Waals surface area contributed by atoms with Crippen LogP contribution in [0.4, 0.5) is 5.69 Å². The first-order valence-electron chi connectivity index (χ1n) is 12.3. The Morgan fingerprint density at radius 3 is 2.53 bits per heavy atom. The standard InChI is InChI=1S/C27H28ClN3O7/c1-13-16(28)6-5-15-23(13)29-26(36)27(15)22-21(17(30-27)7-9-20(32)33)24(34)31(25(22)35)11-10-14-4-8-18(37-2)19(12-14)38-3/h4-6,8,12,17,21-22,30H,7,9-11H2,1-3H3,(H,29,36)(H,32,33)/t17-,21-,22-,27-/m1/s1. The highest BCUT2D eigenvalue weighted by atomic mass is 35.5. The number of nitrogens with zero attached hydrogens (tertiary/aromatic N) is 1. The molecule has 1 spiro atoms. The van der Waals surface area contributed by atoms with Crippen LogP contribution < -0.4 is 20.1 Å². The number of halogens is 1. The Morgan fingerprint density at radius 1 is 1.11 bits per heavy atom. The van der Waals surface area contributed by atoms with Gasteiger partial charge in [-0.05, 0) is 49.1 Å². The number of carboxylic acids is 1. The molecule has 3 N–H and O–H groups in total. The van der Waals surface area contributed by atoms with E-state index in [1.807, 2.05) is 6.07 Å². The number of benzene rings is 2. The first kappa shape index (κ1) is 26.0. The predicted molar refractivity (Wildman–Crippen MR) is 137 cm³/mol. The van der Waals surface area contributed by atoms with Gasteiger partial charge in [-0.2, -0.15) is 0 Å². The number of fused-ring (bicyclic) bond motifs is 4. The average Bonchev–Trinajstić information content (AvgIpc) is 3.48. The number of hydrogen-bond acceptors (Lipinski definition) is 7. The maximum atomic E-state index is 13.9. The number of anilines is 1. The maximum absolute atomic E-state index is 13.9. The highest BCUT2D eigenvalue weighted by molar-refractivity contribution is 6.32. The van der Waals surface area contributed by atoms with E-state index in [1.165, 1.54) is 19.1 Å². The van der Waals surface area contributed by atoms with E-state index in [2.05, 4.69) is 10.6 Å². The van der Waals surface area contributed by atoms with Crippen LogP contribution in [0.1, 0.15) is 29.5 Å². The Labute approximate surface area is 224 Å². The van der Waals surface area contributed by atoms with Crippen LogP contribution in [0, 0.1) is 18.8 Å². The van der Waals surface area contributed by atoms with Gasteiger partial charge in [0.15, 0.2) is 11.5 Å². The molecule has 3 aliphatic heterocycles. The zero-order valence-electron chi connectivity index (χ0n) is 21.2. The lowest BCUT2D eigenvalue weighted by Gasteiger charge is -2.29. The van der Waals surface area contributed by atoms with Crippen LogP contribution in [0.3, 0.4) is 0 Å². The number of likely N-dealkylation sites (tertiary alicyclic amines) is 1. The minimum absolute atomic E-state index is 0.0932. The van der Waals surface area contributed by atoms with Gasteiger partial charge in [0.1, 0.15) is 5.54 Å². The van der Waals surface area contributed by atoms with Crippen molar-refractivity contribution >= 4 is 41.0 Å². The zero-order valence-corrected chi connectivity index (χ0v) is 21.9. The van der Waals surface area contributed by atoms with Crippen LogP contribution in [-0.4, -0.2) is 60.5 Å². The fourth-order valence-electron chi connectivity index (χ4n) is 6.07. The molecule has 2 aromatic carbocycles. The minimum Gasteiger partial charge on any atom is -0.493 e. The number of nitrogens with one attached hydrogen (secondary N) is 2. The number of aliphatic carboxylic acids is 1. The van der Waals surface area contributed by atoms with E-state index < -0.39 is 47.1 Å². The average molecular weight is 542 g/mol. The highest BCUT2D eigenvalue weighted by Crippen LogP contribution is 2.54.